The normalized spacial score (nSPS) is 10.9. The molecule has 0 amide bonds. The SMILES string of the molecule is Nc1cc(N)c(Cl)c(-c2nc3ccccc3[nH]2)c1. The smallest absolute Gasteiger partial charge is 0.140 e. The second kappa shape index (κ2) is 3.92. The summed E-state index contributed by atoms with van der Waals surface area (Å²) in [6.45, 7) is 0. The van der Waals surface area contributed by atoms with Crippen molar-refractivity contribution in [3.8, 4) is 11.4 Å². The molecule has 3 aromatic rings. The van der Waals surface area contributed by atoms with E-state index in [1.54, 1.807) is 12.1 Å². The van der Waals surface area contributed by atoms with Gasteiger partial charge in [-0.15, -0.1) is 0 Å². The Balaban J connectivity index is 2.26. The standard InChI is InChI=1S/C13H11ClN4/c14-12-8(5-7(15)6-9(12)16)13-17-10-3-1-2-4-11(10)18-13/h1-6H,15-16H2,(H,17,18). The molecule has 5 N–H and O–H groups in total. The highest BCUT2D eigenvalue weighted by Crippen LogP contribution is 2.33. The Labute approximate surface area is 109 Å². The molecule has 90 valence electrons. The van der Waals surface area contributed by atoms with Gasteiger partial charge >= 0.3 is 0 Å². The summed E-state index contributed by atoms with van der Waals surface area (Å²) in [5.41, 5.74) is 15.1. The topological polar surface area (TPSA) is 80.7 Å². The molecule has 0 aliphatic carbocycles. The number of nitrogens with one attached hydrogen (secondary N) is 1. The van der Waals surface area contributed by atoms with E-state index in [-0.39, 0.29) is 0 Å². The molecular formula is C13H11ClN4. The number of imidazole rings is 1. The molecular weight excluding hydrogens is 248 g/mol. The first-order valence-electron chi connectivity index (χ1n) is 5.45. The van der Waals surface area contributed by atoms with Crippen LogP contribution < -0.4 is 11.5 Å². The number of anilines is 2. The minimum Gasteiger partial charge on any atom is -0.399 e. The van der Waals surface area contributed by atoms with Crippen LogP contribution in [0, 0.1) is 0 Å². The molecule has 3 rings (SSSR count). The van der Waals surface area contributed by atoms with E-state index in [4.69, 9.17) is 23.1 Å². The van der Waals surface area contributed by atoms with Crippen LogP contribution in [0.5, 0.6) is 0 Å². The van der Waals surface area contributed by atoms with Crippen LogP contribution in [-0.2, 0) is 0 Å². The van der Waals surface area contributed by atoms with Gasteiger partial charge in [0, 0.05) is 11.3 Å². The average molecular weight is 259 g/mol. The second-order valence-corrected chi connectivity index (χ2v) is 4.45. The number of nitrogens with two attached hydrogens (primary N) is 2. The third-order valence-corrected chi connectivity index (χ3v) is 3.19. The van der Waals surface area contributed by atoms with Crippen molar-refractivity contribution in [1.82, 2.24) is 9.97 Å². The molecule has 0 radical (unpaired) electrons. The van der Waals surface area contributed by atoms with Gasteiger partial charge in [0.2, 0.25) is 0 Å². The highest BCUT2D eigenvalue weighted by Gasteiger charge is 2.11. The average Bonchev–Trinajstić information content (AvgIpc) is 2.77. The molecule has 4 nitrogen and oxygen atoms in total. The van der Waals surface area contributed by atoms with Gasteiger partial charge in [-0.3, -0.25) is 0 Å². The first-order chi connectivity index (χ1) is 8.65. The van der Waals surface area contributed by atoms with Crippen molar-refractivity contribution in [3.05, 3.63) is 41.4 Å². The Morgan fingerprint density at radius 2 is 1.89 bits per heavy atom. The fourth-order valence-electron chi connectivity index (χ4n) is 1.92. The quantitative estimate of drug-likeness (QED) is 0.587. The molecule has 5 heteroatoms. The number of hydrogen-bond donors (Lipinski definition) is 3. The molecule has 0 unspecified atom stereocenters. The Morgan fingerprint density at radius 1 is 1.11 bits per heavy atom. The molecule has 0 aliphatic heterocycles. The predicted octanol–water partition coefficient (Wildman–Crippen LogP) is 3.05. The summed E-state index contributed by atoms with van der Waals surface area (Å²) in [7, 11) is 0. The number of hydrogen-bond acceptors (Lipinski definition) is 3. The summed E-state index contributed by atoms with van der Waals surface area (Å²) in [6.07, 6.45) is 0. The minimum absolute atomic E-state index is 0.451. The molecule has 0 atom stereocenters. The van der Waals surface area contributed by atoms with Crippen molar-refractivity contribution >= 4 is 34.0 Å². The predicted molar refractivity (Wildman–Crippen MR) is 75.4 cm³/mol. The highest BCUT2D eigenvalue weighted by molar-refractivity contribution is 6.35. The number of fused-ring (bicyclic) bond motifs is 1. The van der Waals surface area contributed by atoms with E-state index in [2.05, 4.69) is 9.97 Å². The molecule has 0 spiro atoms. The maximum atomic E-state index is 6.19. The molecule has 18 heavy (non-hydrogen) atoms. The van der Waals surface area contributed by atoms with Crippen molar-refractivity contribution in [3.63, 3.8) is 0 Å². The van der Waals surface area contributed by atoms with Gasteiger partial charge in [0.15, 0.2) is 0 Å². The Kier molecular flexibility index (Phi) is 2.38. The number of rotatable bonds is 1. The molecule has 0 bridgehead atoms. The van der Waals surface area contributed by atoms with Crippen LogP contribution >= 0.6 is 11.6 Å². The van der Waals surface area contributed by atoms with Gasteiger partial charge in [-0.1, -0.05) is 23.7 Å². The lowest BCUT2D eigenvalue weighted by Gasteiger charge is -2.05. The van der Waals surface area contributed by atoms with Gasteiger partial charge in [-0.2, -0.15) is 0 Å². The van der Waals surface area contributed by atoms with Crippen molar-refractivity contribution in [1.29, 1.82) is 0 Å². The molecule has 1 heterocycles. The number of benzene rings is 2. The number of aromatic amines is 1. The molecule has 2 aromatic carbocycles. The van der Waals surface area contributed by atoms with E-state index in [1.807, 2.05) is 24.3 Å². The van der Waals surface area contributed by atoms with Crippen LogP contribution in [-0.4, -0.2) is 9.97 Å². The maximum Gasteiger partial charge on any atom is 0.140 e. The third kappa shape index (κ3) is 1.67. The number of H-pyrrole nitrogens is 1. The van der Waals surface area contributed by atoms with E-state index in [0.717, 1.165) is 11.0 Å². The lowest BCUT2D eigenvalue weighted by molar-refractivity contribution is 1.34. The summed E-state index contributed by atoms with van der Waals surface area (Å²) in [5.74, 6) is 0.667. The Bertz CT molecular complexity index is 700. The molecule has 0 saturated heterocycles. The number of halogens is 1. The fraction of sp³-hybridized carbons (Fsp3) is 0. The van der Waals surface area contributed by atoms with Crippen LogP contribution in [0.25, 0.3) is 22.4 Å². The number of nitrogen functional groups attached to an aromatic ring is 2. The second-order valence-electron chi connectivity index (χ2n) is 4.07. The Morgan fingerprint density at radius 3 is 2.67 bits per heavy atom. The van der Waals surface area contributed by atoms with Crippen molar-refractivity contribution < 1.29 is 0 Å². The summed E-state index contributed by atoms with van der Waals surface area (Å²) < 4.78 is 0. The zero-order valence-electron chi connectivity index (χ0n) is 9.44. The fourth-order valence-corrected chi connectivity index (χ4v) is 2.12. The lowest BCUT2D eigenvalue weighted by Crippen LogP contribution is -1.94. The van der Waals surface area contributed by atoms with E-state index in [1.165, 1.54) is 0 Å². The van der Waals surface area contributed by atoms with Gasteiger partial charge in [-0.05, 0) is 24.3 Å². The Hall–Kier alpha value is -2.20. The highest BCUT2D eigenvalue weighted by atomic mass is 35.5. The number of nitrogens with zero attached hydrogens (tertiary/aromatic N) is 1. The van der Waals surface area contributed by atoms with Crippen LogP contribution in [0.15, 0.2) is 36.4 Å². The molecule has 0 aliphatic rings. The summed E-state index contributed by atoms with van der Waals surface area (Å²) >= 11 is 6.19. The molecule has 0 fully saturated rings. The van der Waals surface area contributed by atoms with E-state index >= 15 is 0 Å². The summed E-state index contributed by atoms with van der Waals surface area (Å²) in [4.78, 5) is 7.68. The largest absolute Gasteiger partial charge is 0.399 e. The zero-order valence-corrected chi connectivity index (χ0v) is 10.2. The molecule has 1 aromatic heterocycles. The van der Waals surface area contributed by atoms with Crippen LogP contribution in [0.3, 0.4) is 0 Å². The lowest BCUT2D eigenvalue weighted by atomic mass is 10.1. The monoisotopic (exact) mass is 258 g/mol. The van der Waals surface area contributed by atoms with Crippen molar-refractivity contribution in [2.24, 2.45) is 0 Å². The van der Waals surface area contributed by atoms with E-state index in [9.17, 15) is 0 Å². The van der Waals surface area contributed by atoms with E-state index in [0.29, 0.717) is 27.8 Å². The van der Waals surface area contributed by atoms with Crippen LogP contribution in [0.4, 0.5) is 11.4 Å². The molecule has 0 saturated carbocycles. The maximum absolute atomic E-state index is 6.19. The minimum atomic E-state index is 0.451. The van der Waals surface area contributed by atoms with E-state index < -0.39 is 0 Å². The zero-order chi connectivity index (χ0) is 12.7. The summed E-state index contributed by atoms with van der Waals surface area (Å²) in [6, 6.07) is 11.2. The van der Waals surface area contributed by atoms with Gasteiger partial charge < -0.3 is 16.5 Å². The number of aromatic nitrogens is 2. The van der Waals surface area contributed by atoms with Crippen molar-refractivity contribution in [2.45, 2.75) is 0 Å². The van der Waals surface area contributed by atoms with Crippen LogP contribution in [0.1, 0.15) is 0 Å². The third-order valence-electron chi connectivity index (χ3n) is 2.77. The van der Waals surface area contributed by atoms with Gasteiger partial charge in [-0.25, -0.2) is 4.98 Å². The summed E-state index contributed by atoms with van der Waals surface area (Å²) in [5, 5.41) is 0.461. The van der Waals surface area contributed by atoms with Crippen LogP contribution in [0.2, 0.25) is 5.02 Å². The number of para-hydroxylation sites is 2. The van der Waals surface area contributed by atoms with Gasteiger partial charge in [0.25, 0.3) is 0 Å². The first-order valence-corrected chi connectivity index (χ1v) is 5.82. The van der Waals surface area contributed by atoms with Crippen molar-refractivity contribution in [2.75, 3.05) is 11.5 Å². The first kappa shape index (κ1) is 10.9. The van der Waals surface area contributed by atoms with Gasteiger partial charge in [0.1, 0.15) is 5.82 Å². The van der Waals surface area contributed by atoms with Gasteiger partial charge in [0.05, 0.1) is 21.7 Å².